The minimum atomic E-state index is -0.215. The smallest absolute Gasteiger partial charge is 0.255 e. The van der Waals surface area contributed by atoms with Crippen LogP contribution < -0.4 is 14.8 Å². The molecule has 0 radical (unpaired) electrons. The van der Waals surface area contributed by atoms with Gasteiger partial charge >= 0.3 is 0 Å². The zero-order valence-corrected chi connectivity index (χ0v) is 16.1. The molecule has 148 valence electrons. The third-order valence-corrected chi connectivity index (χ3v) is 4.21. The minimum absolute atomic E-state index is 0.215. The number of amides is 1. The van der Waals surface area contributed by atoms with Gasteiger partial charge in [-0.05, 0) is 54.6 Å². The molecule has 1 amide bonds. The lowest BCUT2D eigenvalue weighted by atomic mass is 10.2. The highest BCUT2D eigenvalue weighted by atomic mass is 16.5. The summed E-state index contributed by atoms with van der Waals surface area (Å²) in [5.41, 5.74) is 2.15. The SMILES string of the molecule is O=C(Nc1cccc(OCc2cccnc2)c1)c1ccc(Oc2cccnc2)cc1. The minimum Gasteiger partial charge on any atom is -0.489 e. The molecule has 4 aromatic rings. The summed E-state index contributed by atoms with van der Waals surface area (Å²) in [6.07, 6.45) is 6.79. The molecular weight excluding hydrogens is 378 g/mol. The summed E-state index contributed by atoms with van der Waals surface area (Å²) in [6, 6.07) is 21.6. The van der Waals surface area contributed by atoms with Gasteiger partial charge in [-0.3, -0.25) is 14.8 Å². The molecule has 4 rings (SSSR count). The standard InChI is InChI=1S/C24H19N3O3/c28-24(19-8-10-21(11-9-19)30-23-7-3-13-26-16-23)27-20-5-1-6-22(14-20)29-17-18-4-2-12-25-15-18/h1-16H,17H2,(H,27,28). The molecule has 0 bridgehead atoms. The molecule has 0 aliphatic heterocycles. The van der Waals surface area contributed by atoms with E-state index in [-0.39, 0.29) is 5.91 Å². The lowest BCUT2D eigenvalue weighted by Crippen LogP contribution is -2.11. The van der Waals surface area contributed by atoms with Crippen LogP contribution in [0.5, 0.6) is 17.2 Å². The maximum absolute atomic E-state index is 12.6. The Hall–Kier alpha value is -4.19. The van der Waals surface area contributed by atoms with Crippen LogP contribution in [0.4, 0.5) is 5.69 Å². The monoisotopic (exact) mass is 397 g/mol. The molecule has 30 heavy (non-hydrogen) atoms. The highest BCUT2D eigenvalue weighted by Gasteiger charge is 2.08. The van der Waals surface area contributed by atoms with Crippen molar-refractivity contribution in [3.8, 4) is 17.2 Å². The fourth-order valence-electron chi connectivity index (χ4n) is 2.73. The number of hydrogen-bond acceptors (Lipinski definition) is 5. The number of ether oxygens (including phenoxy) is 2. The summed E-state index contributed by atoms with van der Waals surface area (Å²) >= 11 is 0. The van der Waals surface area contributed by atoms with Gasteiger partial charge in [0.25, 0.3) is 5.91 Å². The Labute approximate surface area is 174 Å². The van der Waals surface area contributed by atoms with E-state index in [1.807, 2.05) is 36.4 Å². The van der Waals surface area contributed by atoms with Crippen LogP contribution >= 0.6 is 0 Å². The van der Waals surface area contributed by atoms with Gasteiger partial charge in [-0.1, -0.05) is 12.1 Å². The molecule has 0 atom stereocenters. The van der Waals surface area contributed by atoms with Crippen molar-refractivity contribution in [1.29, 1.82) is 0 Å². The van der Waals surface area contributed by atoms with Crippen molar-refractivity contribution in [2.45, 2.75) is 6.61 Å². The Morgan fingerprint density at radius 2 is 1.57 bits per heavy atom. The number of carbonyl (C=O) groups excluding carboxylic acids is 1. The molecule has 0 aliphatic rings. The van der Waals surface area contributed by atoms with Crippen molar-refractivity contribution in [2.75, 3.05) is 5.32 Å². The fourth-order valence-corrected chi connectivity index (χ4v) is 2.73. The number of carbonyl (C=O) groups is 1. The van der Waals surface area contributed by atoms with Crippen LogP contribution in [0.1, 0.15) is 15.9 Å². The van der Waals surface area contributed by atoms with Crippen molar-refractivity contribution in [3.63, 3.8) is 0 Å². The summed E-state index contributed by atoms with van der Waals surface area (Å²) < 4.78 is 11.5. The van der Waals surface area contributed by atoms with Crippen molar-refractivity contribution in [2.24, 2.45) is 0 Å². The predicted molar refractivity (Wildman–Crippen MR) is 114 cm³/mol. The van der Waals surface area contributed by atoms with Gasteiger partial charge in [0.15, 0.2) is 0 Å². The normalized spacial score (nSPS) is 10.3. The molecule has 0 saturated heterocycles. The third kappa shape index (κ3) is 5.20. The van der Waals surface area contributed by atoms with Crippen LogP contribution in [-0.4, -0.2) is 15.9 Å². The van der Waals surface area contributed by atoms with E-state index in [2.05, 4.69) is 15.3 Å². The maximum Gasteiger partial charge on any atom is 0.255 e. The molecule has 0 unspecified atom stereocenters. The molecule has 0 fully saturated rings. The van der Waals surface area contributed by atoms with E-state index in [1.165, 1.54) is 0 Å². The van der Waals surface area contributed by atoms with Crippen LogP contribution in [0, 0.1) is 0 Å². The third-order valence-electron chi connectivity index (χ3n) is 4.21. The molecule has 0 spiro atoms. The summed E-state index contributed by atoms with van der Waals surface area (Å²) in [6.45, 7) is 0.406. The molecular formula is C24H19N3O3. The number of nitrogens with one attached hydrogen (secondary N) is 1. The Balaban J connectivity index is 1.36. The van der Waals surface area contributed by atoms with Crippen LogP contribution in [-0.2, 0) is 6.61 Å². The van der Waals surface area contributed by atoms with Gasteiger partial charge in [0.1, 0.15) is 23.9 Å². The van der Waals surface area contributed by atoms with Gasteiger partial charge in [-0.15, -0.1) is 0 Å². The van der Waals surface area contributed by atoms with Crippen molar-refractivity contribution in [3.05, 3.63) is 109 Å². The van der Waals surface area contributed by atoms with Gasteiger partial charge < -0.3 is 14.8 Å². The number of pyridine rings is 2. The van der Waals surface area contributed by atoms with Gasteiger partial charge in [0, 0.05) is 41.5 Å². The fraction of sp³-hybridized carbons (Fsp3) is 0.0417. The van der Waals surface area contributed by atoms with Crippen LogP contribution in [0.25, 0.3) is 0 Å². The molecule has 2 aromatic heterocycles. The topological polar surface area (TPSA) is 73.3 Å². The molecule has 6 nitrogen and oxygen atoms in total. The lowest BCUT2D eigenvalue weighted by molar-refractivity contribution is 0.102. The van der Waals surface area contributed by atoms with Crippen LogP contribution in [0.2, 0.25) is 0 Å². The van der Waals surface area contributed by atoms with Crippen molar-refractivity contribution in [1.82, 2.24) is 9.97 Å². The summed E-state index contributed by atoms with van der Waals surface area (Å²) in [4.78, 5) is 20.6. The van der Waals surface area contributed by atoms with E-state index >= 15 is 0 Å². The van der Waals surface area contributed by atoms with Gasteiger partial charge in [-0.2, -0.15) is 0 Å². The molecule has 0 aliphatic carbocycles. The lowest BCUT2D eigenvalue weighted by Gasteiger charge is -2.10. The number of nitrogens with zero attached hydrogens (tertiary/aromatic N) is 2. The Bertz CT molecular complexity index is 1100. The van der Waals surface area contributed by atoms with E-state index in [9.17, 15) is 4.79 Å². The highest BCUT2D eigenvalue weighted by molar-refractivity contribution is 6.04. The van der Waals surface area contributed by atoms with E-state index in [0.29, 0.717) is 35.1 Å². The molecule has 2 aromatic carbocycles. The van der Waals surface area contributed by atoms with Crippen molar-refractivity contribution >= 4 is 11.6 Å². The average molecular weight is 397 g/mol. The van der Waals surface area contributed by atoms with E-state index < -0.39 is 0 Å². The average Bonchev–Trinajstić information content (AvgIpc) is 2.80. The number of rotatable bonds is 7. The second kappa shape index (κ2) is 9.34. The number of hydrogen-bond donors (Lipinski definition) is 1. The number of aromatic nitrogens is 2. The zero-order chi connectivity index (χ0) is 20.6. The summed E-state index contributed by atoms with van der Waals surface area (Å²) in [5, 5.41) is 2.88. The number of anilines is 1. The Morgan fingerprint density at radius 1 is 0.800 bits per heavy atom. The largest absolute Gasteiger partial charge is 0.489 e. The summed E-state index contributed by atoms with van der Waals surface area (Å²) in [7, 11) is 0. The van der Waals surface area contributed by atoms with E-state index in [0.717, 1.165) is 5.56 Å². The molecule has 1 N–H and O–H groups in total. The first-order valence-electron chi connectivity index (χ1n) is 9.37. The van der Waals surface area contributed by atoms with Gasteiger partial charge in [0.2, 0.25) is 0 Å². The van der Waals surface area contributed by atoms with Crippen molar-refractivity contribution < 1.29 is 14.3 Å². The highest BCUT2D eigenvalue weighted by Crippen LogP contribution is 2.22. The van der Waals surface area contributed by atoms with Gasteiger partial charge in [0.05, 0.1) is 6.20 Å². The van der Waals surface area contributed by atoms with Gasteiger partial charge in [-0.25, -0.2) is 0 Å². The number of benzene rings is 2. The zero-order valence-electron chi connectivity index (χ0n) is 16.1. The molecule has 0 saturated carbocycles. The van der Waals surface area contributed by atoms with E-state index in [4.69, 9.17) is 9.47 Å². The van der Waals surface area contributed by atoms with Crippen LogP contribution in [0.15, 0.2) is 97.6 Å². The van der Waals surface area contributed by atoms with E-state index in [1.54, 1.807) is 61.2 Å². The second-order valence-electron chi connectivity index (χ2n) is 6.45. The Kier molecular flexibility index (Phi) is 5.96. The first kappa shape index (κ1) is 19.1. The molecule has 6 heteroatoms. The quantitative estimate of drug-likeness (QED) is 0.470. The second-order valence-corrected chi connectivity index (χ2v) is 6.45. The first-order valence-corrected chi connectivity index (χ1v) is 9.37. The predicted octanol–water partition coefficient (Wildman–Crippen LogP) is 5.10. The Morgan fingerprint density at radius 3 is 2.30 bits per heavy atom. The summed E-state index contributed by atoms with van der Waals surface area (Å²) in [5.74, 6) is 1.72. The molecule has 2 heterocycles. The first-order chi connectivity index (χ1) is 14.8. The van der Waals surface area contributed by atoms with Crippen LogP contribution in [0.3, 0.4) is 0 Å². The maximum atomic E-state index is 12.6.